The fourth-order valence-corrected chi connectivity index (χ4v) is 4.32. The number of aromatic carboxylic acids is 1. The van der Waals surface area contributed by atoms with Crippen molar-refractivity contribution in [2.75, 3.05) is 13.1 Å². The molecule has 1 aliphatic rings. The van der Waals surface area contributed by atoms with Gasteiger partial charge >= 0.3 is 5.97 Å². The van der Waals surface area contributed by atoms with Crippen LogP contribution in [0.1, 0.15) is 29.5 Å². The zero-order valence-corrected chi connectivity index (χ0v) is 12.4. The number of carbonyl (C=O) groups excluding carboxylic acids is 1. The predicted molar refractivity (Wildman–Crippen MR) is 71.3 cm³/mol. The van der Waals surface area contributed by atoms with Crippen molar-refractivity contribution in [3.05, 3.63) is 11.4 Å². The van der Waals surface area contributed by atoms with Crippen molar-refractivity contribution < 1.29 is 23.1 Å². The second-order valence-corrected chi connectivity index (χ2v) is 6.49. The smallest absolute Gasteiger partial charge is 0.357 e. The van der Waals surface area contributed by atoms with Gasteiger partial charge in [-0.2, -0.15) is 9.40 Å². The third-order valence-corrected chi connectivity index (χ3v) is 5.40. The number of amides is 1. The normalized spacial score (nSPS) is 20.3. The summed E-state index contributed by atoms with van der Waals surface area (Å²) in [5.74, 6) is -1.82. The molecule has 0 aliphatic carbocycles. The molecule has 1 aliphatic heterocycles. The number of carbonyl (C=O) groups is 2. The van der Waals surface area contributed by atoms with Crippen LogP contribution < -0.4 is 5.32 Å². The van der Waals surface area contributed by atoms with E-state index in [1.807, 2.05) is 0 Å². The molecule has 116 valence electrons. The number of sulfonamides is 1. The predicted octanol–water partition coefficient (Wildman–Crippen LogP) is -0.685. The highest BCUT2D eigenvalue weighted by Crippen LogP contribution is 2.25. The first-order valence-electron chi connectivity index (χ1n) is 6.38. The molecule has 0 bridgehead atoms. The van der Waals surface area contributed by atoms with Crippen LogP contribution in [-0.4, -0.2) is 59.0 Å². The first-order valence-corrected chi connectivity index (χ1v) is 7.82. The van der Waals surface area contributed by atoms with Gasteiger partial charge in [0.05, 0.1) is 5.69 Å². The Kier molecular flexibility index (Phi) is 4.01. The number of H-pyrrole nitrogens is 1. The maximum Gasteiger partial charge on any atom is 0.357 e. The van der Waals surface area contributed by atoms with Crippen LogP contribution in [0.4, 0.5) is 0 Å². The van der Waals surface area contributed by atoms with Crippen molar-refractivity contribution in [3.8, 4) is 0 Å². The minimum Gasteiger partial charge on any atom is -0.476 e. The summed E-state index contributed by atoms with van der Waals surface area (Å²) in [5.41, 5.74) is -0.429. The van der Waals surface area contributed by atoms with Crippen LogP contribution in [0.3, 0.4) is 0 Å². The van der Waals surface area contributed by atoms with Gasteiger partial charge < -0.3 is 10.4 Å². The molecule has 1 atom stereocenters. The minimum atomic E-state index is -4.12. The van der Waals surface area contributed by atoms with Gasteiger partial charge in [0.15, 0.2) is 5.69 Å². The Morgan fingerprint density at radius 3 is 2.76 bits per heavy atom. The lowest BCUT2D eigenvalue weighted by molar-refractivity contribution is -0.126. The Labute approximate surface area is 121 Å². The Bertz CT molecular complexity index is 681. The van der Waals surface area contributed by atoms with Crippen molar-refractivity contribution in [3.63, 3.8) is 0 Å². The molecule has 0 aromatic carbocycles. The summed E-state index contributed by atoms with van der Waals surface area (Å²) < 4.78 is 26.5. The maximum absolute atomic E-state index is 12.7. The summed E-state index contributed by atoms with van der Waals surface area (Å²) in [6.45, 7) is 3.40. The second kappa shape index (κ2) is 5.45. The lowest BCUT2D eigenvalue weighted by atomic mass is 10.2. The summed E-state index contributed by atoms with van der Waals surface area (Å²) in [4.78, 5) is 22.5. The number of nitrogens with one attached hydrogen (secondary N) is 2. The molecule has 10 heteroatoms. The highest BCUT2D eigenvalue weighted by atomic mass is 32.2. The molecular weight excluding hydrogens is 300 g/mol. The molecule has 2 rings (SSSR count). The zero-order chi connectivity index (χ0) is 15.8. The quantitative estimate of drug-likeness (QED) is 0.674. The van der Waals surface area contributed by atoms with Crippen LogP contribution >= 0.6 is 0 Å². The number of piperazine rings is 1. The van der Waals surface area contributed by atoms with E-state index in [1.165, 1.54) is 6.92 Å². The summed E-state index contributed by atoms with van der Waals surface area (Å²) in [5, 5.41) is 17.6. The molecular formula is C11H16N4O5S. The number of carboxylic acids is 1. The summed E-state index contributed by atoms with van der Waals surface area (Å²) in [6, 6.07) is -0.848. The van der Waals surface area contributed by atoms with Crippen molar-refractivity contribution >= 4 is 21.9 Å². The van der Waals surface area contributed by atoms with Crippen LogP contribution in [0, 0.1) is 6.92 Å². The molecule has 21 heavy (non-hydrogen) atoms. The standard InChI is InChI=1S/C11H16N4O5S/c1-3-7-10(16)12-4-5-15(7)21(19,20)9-6(2)13-14-8(9)11(17)18/h7H,3-5H2,1-2H3,(H,12,16)(H,13,14)(H,17,18). The average molecular weight is 316 g/mol. The number of aryl methyl sites for hydroxylation is 1. The van der Waals surface area contributed by atoms with Gasteiger partial charge in [-0.05, 0) is 13.3 Å². The molecule has 3 N–H and O–H groups in total. The second-order valence-electron chi connectivity index (χ2n) is 4.66. The largest absolute Gasteiger partial charge is 0.476 e. The molecule has 9 nitrogen and oxygen atoms in total. The number of hydrogen-bond acceptors (Lipinski definition) is 5. The van der Waals surface area contributed by atoms with E-state index in [9.17, 15) is 18.0 Å². The molecule has 1 fully saturated rings. The van der Waals surface area contributed by atoms with Gasteiger partial charge in [-0.1, -0.05) is 6.92 Å². The molecule has 1 amide bonds. The zero-order valence-electron chi connectivity index (χ0n) is 11.6. The van der Waals surface area contributed by atoms with E-state index < -0.39 is 27.7 Å². The molecule has 0 radical (unpaired) electrons. The van der Waals surface area contributed by atoms with Gasteiger partial charge in [-0.25, -0.2) is 13.2 Å². The van der Waals surface area contributed by atoms with Gasteiger partial charge in [-0.3, -0.25) is 9.89 Å². The fraction of sp³-hybridized carbons (Fsp3) is 0.545. The SMILES string of the molecule is CCC1C(=O)NCCN1S(=O)(=O)c1c(C(=O)O)n[nH]c1C. The molecule has 1 unspecified atom stereocenters. The Balaban J connectivity index is 2.54. The molecule has 2 heterocycles. The van der Waals surface area contributed by atoms with Crippen molar-refractivity contribution in [2.45, 2.75) is 31.2 Å². The van der Waals surface area contributed by atoms with Crippen LogP contribution in [0.15, 0.2) is 4.90 Å². The van der Waals surface area contributed by atoms with Crippen LogP contribution in [0.25, 0.3) is 0 Å². The minimum absolute atomic E-state index is 0.0935. The van der Waals surface area contributed by atoms with Gasteiger partial charge in [0, 0.05) is 13.1 Å². The first-order chi connectivity index (χ1) is 9.80. The highest BCUT2D eigenvalue weighted by molar-refractivity contribution is 7.89. The van der Waals surface area contributed by atoms with Crippen molar-refractivity contribution in [2.24, 2.45) is 0 Å². The third-order valence-electron chi connectivity index (χ3n) is 3.33. The molecule has 0 saturated carbocycles. The Hall–Kier alpha value is -1.94. The molecule has 1 aromatic rings. The van der Waals surface area contributed by atoms with Gasteiger partial charge in [0.25, 0.3) is 0 Å². The fourth-order valence-electron chi connectivity index (χ4n) is 2.37. The Morgan fingerprint density at radius 2 is 2.19 bits per heavy atom. The van der Waals surface area contributed by atoms with Crippen molar-refractivity contribution in [1.82, 2.24) is 19.8 Å². The summed E-state index contributed by atoms with van der Waals surface area (Å²) in [6.07, 6.45) is 0.296. The van der Waals surface area contributed by atoms with Crippen LogP contribution in [-0.2, 0) is 14.8 Å². The van der Waals surface area contributed by atoms with Crippen molar-refractivity contribution in [1.29, 1.82) is 0 Å². The van der Waals surface area contributed by atoms with E-state index >= 15 is 0 Å². The lowest BCUT2D eigenvalue weighted by Gasteiger charge is -2.33. The first kappa shape index (κ1) is 15.4. The summed E-state index contributed by atoms with van der Waals surface area (Å²) in [7, 11) is -4.12. The monoisotopic (exact) mass is 316 g/mol. The van der Waals surface area contributed by atoms with E-state index in [2.05, 4.69) is 15.5 Å². The number of carboxylic acid groups (broad SMARTS) is 1. The Morgan fingerprint density at radius 1 is 1.52 bits per heavy atom. The van der Waals surface area contributed by atoms with Gasteiger partial charge in [-0.15, -0.1) is 0 Å². The lowest BCUT2D eigenvalue weighted by Crippen LogP contribution is -2.56. The van der Waals surface area contributed by atoms with Gasteiger partial charge in [0.1, 0.15) is 10.9 Å². The number of aromatic amines is 1. The highest BCUT2D eigenvalue weighted by Gasteiger charge is 2.41. The number of rotatable bonds is 4. The van der Waals surface area contributed by atoms with E-state index in [0.29, 0.717) is 6.42 Å². The van der Waals surface area contributed by atoms with E-state index in [-0.39, 0.29) is 29.6 Å². The van der Waals surface area contributed by atoms with Crippen LogP contribution in [0.2, 0.25) is 0 Å². The number of hydrogen-bond donors (Lipinski definition) is 3. The summed E-state index contributed by atoms with van der Waals surface area (Å²) >= 11 is 0. The molecule has 0 spiro atoms. The van der Waals surface area contributed by atoms with Crippen LogP contribution in [0.5, 0.6) is 0 Å². The topological polar surface area (TPSA) is 132 Å². The number of aromatic nitrogens is 2. The van der Waals surface area contributed by atoms with Gasteiger partial charge in [0.2, 0.25) is 15.9 Å². The third kappa shape index (κ3) is 2.51. The van der Waals surface area contributed by atoms with E-state index in [4.69, 9.17) is 5.11 Å². The maximum atomic E-state index is 12.7. The molecule has 1 aromatic heterocycles. The van der Waals surface area contributed by atoms with E-state index in [0.717, 1.165) is 4.31 Å². The van der Waals surface area contributed by atoms with E-state index in [1.54, 1.807) is 6.92 Å². The molecule has 1 saturated heterocycles. The number of nitrogens with zero attached hydrogens (tertiary/aromatic N) is 2. The average Bonchev–Trinajstić information content (AvgIpc) is 2.81.